The molecular weight excluding hydrogens is 262 g/mol. The molecule has 0 amide bonds. The Morgan fingerprint density at radius 1 is 1.50 bits per heavy atom. The SMILES string of the molecule is C[C@H](O)c1cc([N+](=O)[O-])ccc1OCC1CCOCC1. The number of aliphatic hydroxyl groups is 1. The Kier molecular flexibility index (Phi) is 4.92. The first kappa shape index (κ1) is 14.7. The molecule has 2 rings (SSSR count). The van der Waals surface area contributed by atoms with E-state index in [2.05, 4.69) is 0 Å². The van der Waals surface area contributed by atoms with Gasteiger partial charge in [-0.15, -0.1) is 0 Å². The molecule has 1 fully saturated rings. The molecule has 1 saturated heterocycles. The number of nitro benzene ring substituents is 1. The predicted octanol–water partition coefficient (Wildman–Crippen LogP) is 2.45. The van der Waals surface area contributed by atoms with Crippen molar-refractivity contribution in [3.8, 4) is 5.75 Å². The normalized spacial score (nSPS) is 17.7. The Morgan fingerprint density at radius 2 is 2.20 bits per heavy atom. The van der Waals surface area contributed by atoms with Crippen LogP contribution in [-0.2, 0) is 4.74 Å². The monoisotopic (exact) mass is 281 g/mol. The quantitative estimate of drug-likeness (QED) is 0.662. The second kappa shape index (κ2) is 6.67. The van der Waals surface area contributed by atoms with E-state index in [4.69, 9.17) is 9.47 Å². The standard InChI is InChI=1S/C14H19NO5/c1-10(16)13-8-12(15(17)18)2-3-14(13)20-9-11-4-6-19-7-5-11/h2-3,8,10-11,16H,4-7,9H2,1H3/t10-/m0/s1. The molecule has 0 radical (unpaired) electrons. The van der Waals surface area contributed by atoms with Crippen LogP contribution < -0.4 is 4.74 Å². The number of benzene rings is 1. The lowest BCUT2D eigenvalue weighted by Crippen LogP contribution is -2.21. The van der Waals surface area contributed by atoms with Crippen molar-refractivity contribution in [1.29, 1.82) is 0 Å². The second-order valence-corrected chi connectivity index (χ2v) is 5.02. The number of aliphatic hydroxyl groups excluding tert-OH is 1. The van der Waals surface area contributed by atoms with Crippen molar-refractivity contribution in [3.05, 3.63) is 33.9 Å². The molecular formula is C14H19NO5. The van der Waals surface area contributed by atoms with Crippen LogP contribution in [0, 0.1) is 16.0 Å². The number of rotatable bonds is 5. The van der Waals surface area contributed by atoms with Crippen LogP contribution in [0.4, 0.5) is 5.69 Å². The first-order valence-corrected chi connectivity index (χ1v) is 6.75. The van der Waals surface area contributed by atoms with Crippen molar-refractivity contribution in [3.63, 3.8) is 0 Å². The zero-order chi connectivity index (χ0) is 14.5. The van der Waals surface area contributed by atoms with Crippen LogP contribution in [0.1, 0.15) is 31.4 Å². The molecule has 6 nitrogen and oxygen atoms in total. The third kappa shape index (κ3) is 3.68. The van der Waals surface area contributed by atoms with Gasteiger partial charge in [0, 0.05) is 30.9 Å². The Bertz CT molecular complexity index is 469. The maximum absolute atomic E-state index is 10.8. The molecule has 0 aromatic heterocycles. The van der Waals surface area contributed by atoms with Gasteiger partial charge in [0.2, 0.25) is 0 Å². The summed E-state index contributed by atoms with van der Waals surface area (Å²) in [5.41, 5.74) is 0.408. The van der Waals surface area contributed by atoms with Crippen LogP contribution in [-0.4, -0.2) is 29.9 Å². The summed E-state index contributed by atoms with van der Waals surface area (Å²) in [6.07, 6.45) is 1.10. The summed E-state index contributed by atoms with van der Waals surface area (Å²) < 4.78 is 11.0. The Morgan fingerprint density at radius 3 is 2.80 bits per heavy atom. The molecule has 1 atom stereocenters. The van der Waals surface area contributed by atoms with Crippen LogP contribution in [0.25, 0.3) is 0 Å². The van der Waals surface area contributed by atoms with Crippen molar-refractivity contribution in [1.82, 2.24) is 0 Å². The Balaban J connectivity index is 2.07. The largest absolute Gasteiger partial charge is 0.493 e. The van der Waals surface area contributed by atoms with Crippen molar-refractivity contribution >= 4 is 5.69 Å². The fraction of sp³-hybridized carbons (Fsp3) is 0.571. The molecule has 1 aliphatic heterocycles. The predicted molar refractivity (Wildman–Crippen MR) is 72.8 cm³/mol. The third-order valence-corrected chi connectivity index (χ3v) is 3.47. The van der Waals surface area contributed by atoms with Gasteiger partial charge < -0.3 is 14.6 Å². The van der Waals surface area contributed by atoms with Crippen LogP contribution >= 0.6 is 0 Å². The minimum atomic E-state index is -0.806. The highest BCUT2D eigenvalue weighted by molar-refractivity contribution is 5.44. The molecule has 110 valence electrons. The maximum atomic E-state index is 10.8. The van der Waals surface area contributed by atoms with Crippen LogP contribution in [0.15, 0.2) is 18.2 Å². The molecule has 20 heavy (non-hydrogen) atoms. The van der Waals surface area contributed by atoms with E-state index in [9.17, 15) is 15.2 Å². The molecule has 0 bridgehead atoms. The summed E-state index contributed by atoms with van der Waals surface area (Å²) in [4.78, 5) is 10.3. The number of hydrogen-bond donors (Lipinski definition) is 1. The summed E-state index contributed by atoms with van der Waals surface area (Å²) in [5.74, 6) is 0.942. The van der Waals surface area contributed by atoms with Crippen molar-refractivity contribution in [2.45, 2.75) is 25.9 Å². The minimum absolute atomic E-state index is 0.0423. The molecule has 0 saturated carbocycles. The second-order valence-electron chi connectivity index (χ2n) is 5.02. The molecule has 0 unspecified atom stereocenters. The molecule has 1 heterocycles. The van der Waals surface area contributed by atoms with Crippen LogP contribution in [0.3, 0.4) is 0 Å². The van der Waals surface area contributed by atoms with Gasteiger partial charge in [-0.2, -0.15) is 0 Å². The van der Waals surface area contributed by atoms with Gasteiger partial charge in [-0.3, -0.25) is 10.1 Å². The van der Waals surface area contributed by atoms with Gasteiger partial charge in [-0.1, -0.05) is 0 Å². The van der Waals surface area contributed by atoms with Gasteiger partial charge in [-0.25, -0.2) is 0 Å². The molecule has 6 heteroatoms. The van der Waals surface area contributed by atoms with E-state index >= 15 is 0 Å². The van der Waals surface area contributed by atoms with Crippen LogP contribution in [0.2, 0.25) is 0 Å². The van der Waals surface area contributed by atoms with E-state index in [1.165, 1.54) is 12.1 Å². The average molecular weight is 281 g/mol. The molecule has 1 aromatic rings. The summed E-state index contributed by atoms with van der Waals surface area (Å²) in [6, 6.07) is 4.31. The lowest BCUT2D eigenvalue weighted by atomic mass is 10.0. The fourth-order valence-corrected chi connectivity index (χ4v) is 2.23. The summed E-state index contributed by atoms with van der Waals surface area (Å²) in [5, 5.41) is 20.5. The van der Waals surface area contributed by atoms with E-state index in [-0.39, 0.29) is 5.69 Å². The first-order valence-electron chi connectivity index (χ1n) is 6.75. The molecule has 1 aliphatic rings. The summed E-state index contributed by atoms with van der Waals surface area (Å²) in [6.45, 7) is 3.61. The Labute approximate surface area is 117 Å². The van der Waals surface area contributed by atoms with E-state index < -0.39 is 11.0 Å². The zero-order valence-electron chi connectivity index (χ0n) is 11.4. The topological polar surface area (TPSA) is 81.8 Å². The first-order chi connectivity index (χ1) is 9.58. The minimum Gasteiger partial charge on any atom is -0.493 e. The fourth-order valence-electron chi connectivity index (χ4n) is 2.23. The highest BCUT2D eigenvalue weighted by Gasteiger charge is 2.18. The number of non-ortho nitro benzene ring substituents is 1. The van der Waals surface area contributed by atoms with E-state index in [0.717, 1.165) is 26.1 Å². The number of nitro groups is 1. The highest BCUT2D eigenvalue weighted by Crippen LogP contribution is 2.30. The van der Waals surface area contributed by atoms with E-state index in [0.29, 0.717) is 23.8 Å². The number of hydrogen-bond acceptors (Lipinski definition) is 5. The van der Waals surface area contributed by atoms with Gasteiger partial charge in [-0.05, 0) is 31.7 Å². The van der Waals surface area contributed by atoms with Crippen molar-refractivity contribution in [2.75, 3.05) is 19.8 Å². The Hall–Kier alpha value is -1.66. The molecule has 0 spiro atoms. The summed E-state index contributed by atoms with van der Waals surface area (Å²) >= 11 is 0. The smallest absolute Gasteiger partial charge is 0.270 e. The maximum Gasteiger partial charge on any atom is 0.270 e. The van der Waals surface area contributed by atoms with Gasteiger partial charge in [0.15, 0.2) is 0 Å². The lowest BCUT2D eigenvalue weighted by molar-refractivity contribution is -0.385. The van der Waals surface area contributed by atoms with Gasteiger partial charge in [0.1, 0.15) is 5.75 Å². The van der Waals surface area contributed by atoms with Gasteiger partial charge in [0.05, 0.1) is 17.6 Å². The third-order valence-electron chi connectivity index (χ3n) is 3.47. The van der Waals surface area contributed by atoms with Gasteiger partial charge in [0.25, 0.3) is 5.69 Å². The molecule has 0 aliphatic carbocycles. The lowest BCUT2D eigenvalue weighted by Gasteiger charge is -2.23. The van der Waals surface area contributed by atoms with E-state index in [1.807, 2.05) is 0 Å². The van der Waals surface area contributed by atoms with Crippen molar-refractivity contribution in [2.24, 2.45) is 5.92 Å². The summed E-state index contributed by atoms with van der Waals surface area (Å²) in [7, 11) is 0. The molecule has 1 aromatic carbocycles. The highest BCUT2D eigenvalue weighted by atomic mass is 16.6. The van der Waals surface area contributed by atoms with Crippen molar-refractivity contribution < 1.29 is 19.5 Å². The number of nitrogens with zero attached hydrogens (tertiary/aromatic N) is 1. The number of ether oxygens (including phenoxy) is 2. The van der Waals surface area contributed by atoms with E-state index in [1.54, 1.807) is 13.0 Å². The average Bonchev–Trinajstić information content (AvgIpc) is 2.45. The van der Waals surface area contributed by atoms with Gasteiger partial charge >= 0.3 is 0 Å². The van der Waals surface area contributed by atoms with Crippen LogP contribution in [0.5, 0.6) is 5.75 Å². The molecule has 1 N–H and O–H groups in total. The zero-order valence-corrected chi connectivity index (χ0v) is 11.4.